The van der Waals surface area contributed by atoms with Crippen LogP contribution in [0, 0.1) is 0 Å². The molecule has 0 atom stereocenters. The van der Waals surface area contributed by atoms with E-state index in [2.05, 4.69) is 5.32 Å². The van der Waals surface area contributed by atoms with Gasteiger partial charge in [0.1, 0.15) is 18.1 Å². The molecule has 3 rings (SSSR count). The highest BCUT2D eigenvalue weighted by atomic mass is 16.5. The third-order valence-corrected chi connectivity index (χ3v) is 4.33. The summed E-state index contributed by atoms with van der Waals surface area (Å²) in [5, 5.41) is 2.85. The Morgan fingerprint density at radius 1 is 1.12 bits per heavy atom. The molecule has 0 aromatic heterocycles. The fourth-order valence-corrected chi connectivity index (χ4v) is 2.98. The van der Waals surface area contributed by atoms with E-state index in [4.69, 9.17) is 9.47 Å². The second kappa shape index (κ2) is 7.91. The zero-order valence-corrected chi connectivity index (χ0v) is 15.0. The molecular formula is C20H22N2O4. The van der Waals surface area contributed by atoms with Crippen molar-refractivity contribution in [3.63, 3.8) is 0 Å². The van der Waals surface area contributed by atoms with Crippen LogP contribution in [-0.4, -0.2) is 38.6 Å². The minimum absolute atomic E-state index is 0.0247. The molecule has 136 valence electrons. The van der Waals surface area contributed by atoms with Gasteiger partial charge < -0.3 is 19.7 Å². The Hall–Kier alpha value is -3.02. The predicted molar refractivity (Wildman–Crippen MR) is 99.0 cm³/mol. The van der Waals surface area contributed by atoms with E-state index < -0.39 is 0 Å². The van der Waals surface area contributed by atoms with Gasteiger partial charge in [0.2, 0.25) is 5.91 Å². The lowest BCUT2D eigenvalue weighted by Crippen LogP contribution is -2.28. The van der Waals surface area contributed by atoms with Crippen LogP contribution in [0.3, 0.4) is 0 Å². The largest absolute Gasteiger partial charge is 0.497 e. The summed E-state index contributed by atoms with van der Waals surface area (Å²) in [6, 6.07) is 12.7. The number of anilines is 1. The molecule has 0 saturated heterocycles. The zero-order valence-electron chi connectivity index (χ0n) is 15.0. The quantitative estimate of drug-likeness (QED) is 0.809. The van der Waals surface area contributed by atoms with Crippen molar-refractivity contribution in [2.45, 2.75) is 13.3 Å². The monoisotopic (exact) mass is 354 g/mol. The van der Waals surface area contributed by atoms with Gasteiger partial charge in [0, 0.05) is 24.7 Å². The van der Waals surface area contributed by atoms with Gasteiger partial charge in [-0.25, -0.2) is 0 Å². The van der Waals surface area contributed by atoms with Crippen LogP contribution in [0.2, 0.25) is 0 Å². The van der Waals surface area contributed by atoms with Crippen molar-refractivity contribution in [2.75, 3.05) is 31.7 Å². The van der Waals surface area contributed by atoms with Crippen LogP contribution in [0.25, 0.3) is 0 Å². The first kappa shape index (κ1) is 17.8. The van der Waals surface area contributed by atoms with E-state index in [1.54, 1.807) is 25.0 Å². The van der Waals surface area contributed by atoms with E-state index in [1.165, 1.54) is 0 Å². The number of benzene rings is 2. The van der Waals surface area contributed by atoms with E-state index in [1.807, 2.05) is 36.4 Å². The van der Waals surface area contributed by atoms with Crippen LogP contribution in [0.5, 0.6) is 11.5 Å². The molecule has 6 heteroatoms. The van der Waals surface area contributed by atoms with Crippen molar-refractivity contribution in [3.8, 4) is 11.5 Å². The van der Waals surface area contributed by atoms with Crippen molar-refractivity contribution < 1.29 is 19.1 Å². The van der Waals surface area contributed by atoms with Crippen LogP contribution in [0.15, 0.2) is 42.5 Å². The summed E-state index contributed by atoms with van der Waals surface area (Å²) in [5.41, 5.74) is 2.53. The molecule has 2 amide bonds. The fraction of sp³-hybridized carbons (Fsp3) is 0.300. The van der Waals surface area contributed by atoms with Gasteiger partial charge in [0.25, 0.3) is 5.91 Å². The SMILES string of the molecule is COc1ccc(OCCNC(=O)c2ccc3c(c2)CCN3C(C)=O)cc1. The van der Waals surface area contributed by atoms with Gasteiger partial charge in [0.05, 0.1) is 13.7 Å². The maximum absolute atomic E-state index is 12.3. The van der Waals surface area contributed by atoms with E-state index in [0.29, 0.717) is 25.3 Å². The first-order valence-electron chi connectivity index (χ1n) is 8.54. The Kier molecular flexibility index (Phi) is 5.41. The molecular weight excluding hydrogens is 332 g/mol. The lowest BCUT2D eigenvalue weighted by molar-refractivity contribution is -0.116. The van der Waals surface area contributed by atoms with E-state index in [0.717, 1.165) is 29.2 Å². The second-order valence-corrected chi connectivity index (χ2v) is 6.04. The average Bonchev–Trinajstić information content (AvgIpc) is 3.09. The number of carbonyl (C=O) groups excluding carboxylic acids is 2. The average molecular weight is 354 g/mol. The normalized spacial score (nSPS) is 12.5. The molecule has 2 aromatic carbocycles. The van der Waals surface area contributed by atoms with Gasteiger partial charge in [-0.15, -0.1) is 0 Å². The third-order valence-electron chi connectivity index (χ3n) is 4.33. The fourth-order valence-electron chi connectivity index (χ4n) is 2.98. The standard InChI is InChI=1S/C20H22N2O4/c1-14(23)22-11-9-15-13-16(3-8-19(15)22)20(24)21-10-12-26-18-6-4-17(25-2)5-7-18/h3-8,13H,9-12H2,1-2H3,(H,21,24). The Labute approximate surface area is 152 Å². The van der Waals surface area contributed by atoms with Gasteiger partial charge in [0.15, 0.2) is 0 Å². The first-order chi connectivity index (χ1) is 12.6. The number of nitrogens with zero attached hydrogens (tertiary/aromatic N) is 1. The lowest BCUT2D eigenvalue weighted by Gasteiger charge is -2.14. The molecule has 0 unspecified atom stereocenters. The molecule has 1 N–H and O–H groups in total. The molecule has 0 saturated carbocycles. The Balaban J connectivity index is 1.50. The third kappa shape index (κ3) is 3.96. The predicted octanol–water partition coefficient (Wildman–Crippen LogP) is 2.41. The van der Waals surface area contributed by atoms with Crippen LogP contribution in [-0.2, 0) is 11.2 Å². The summed E-state index contributed by atoms with van der Waals surface area (Å²) in [6.07, 6.45) is 0.774. The highest BCUT2D eigenvalue weighted by molar-refractivity contribution is 5.97. The number of methoxy groups -OCH3 is 1. The number of hydrogen-bond donors (Lipinski definition) is 1. The summed E-state index contributed by atoms with van der Waals surface area (Å²) in [6.45, 7) is 3.01. The van der Waals surface area contributed by atoms with Crippen LogP contribution in [0.4, 0.5) is 5.69 Å². The van der Waals surface area contributed by atoms with Crippen molar-refractivity contribution in [2.24, 2.45) is 0 Å². The molecule has 6 nitrogen and oxygen atoms in total. The van der Waals surface area contributed by atoms with Crippen molar-refractivity contribution in [3.05, 3.63) is 53.6 Å². The number of amides is 2. The number of fused-ring (bicyclic) bond motifs is 1. The number of nitrogens with one attached hydrogen (secondary N) is 1. The molecule has 0 spiro atoms. The Morgan fingerprint density at radius 2 is 1.85 bits per heavy atom. The van der Waals surface area contributed by atoms with Gasteiger partial charge in [-0.2, -0.15) is 0 Å². The molecule has 0 bridgehead atoms. The Bertz CT molecular complexity index is 802. The van der Waals surface area contributed by atoms with Crippen LogP contribution in [0.1, 0.15) is 22.8 Å². The summed E-state index contributed by atoms with van der Waals surface area (Å²) in [5.74, 6) is 1.37. The van der Waals surface area contributed by atoms with Crippen LogP contribution >= 0.6 is 0 Å². The number of rotatable bonds is 6. The number of hydrogen-bond acceptors (Lipinski definition) is 4. The van der Waals surface area contributed by atoms with E-state index >= 15 is 0 Å². The summed E-state index contributed by atoms with van der Waals surface area (Å²) < 4.78 is 10.7. The maximum atomic E-state index is 12.3. The summed E-state index contributed by atoms with van der Waals surface area (Å²) in [7, 11) is 1.61. The smallest absolute Gasteiger partial charge is 0.251 e. The topological polar surface area (TPSA) is 67.9 Å². The number of ether oxygens (including phenoxy) is 2. The van der Waals surface area contributed by atoms with Gasteiger partial charge in [-0.05, 0) is 54.4 Å². The van der Waals surface area contributed by atoms with Gasteiger partial charge in [-0.1, -0.05) is 0 Å². The molecule has 0 aliphatic carbocycles. The summed E-state index contributed by atoms with van der Waals surface area (Å²) >= 11 is 0. The van der Waals surface area contributed by atoms with Gasteiger partial charge >= 0.3 is 0 Å². The van der Waals surface area contributed by atoms with E-state index in [-0.39, 0.29) is 11.8 Å². The van der Waals surface area contributed by atoms with Crippen molar-refractivity contribution in [1.82, 2.24) is 5.32 Å². The lowest BCUT2D eigenvalue weighted by atomic mass is 10.1. The Morgan fingerprint density at radius 3 is 2.54 bits per heavy atom. The zero-order chi connectivity index (χ0) is 18.5. The highest BCUT2D eigenvalue weighted by Crippen LogP contribution is 2.28. The highest BCUT2D eigenvalue weighted by Gasteiger charge is 2.23. The molecule has 0 radical (unpaired) electrons. The minimum atomic E-state index is -0.146. The van der Waals surface area contributed by atoms with Crippen molar-refractivity contribution >= 4 is 17.5 Å². The molecule has 1 heterocycles. The molecule has 1 aliphatic rings. The first-order valence-corrected chi connectivity index (χ1v) is 8.54. The molecule has 26 heavy (non-hydrogen) atoms. The minimum Gasteiger partial charge on any atom is -0.497 e. The van der Waals surface area contributed by atoms with Crippen molar-refractivity contribution in [1.29, 1.82) is 0 Å². The number of carbonyl (C=O) groups is 2. The molecule has 1 aliphatic heterocycles. The van der Waals surface area contributed by atoms with Crippen LogP contribution < -0.4 is 19.7 Å². The van der Waals surface area contributed by atoms with E-state index in [9.17, 15) is 9.59 Å². The molecule has 0 fully saturated rings. The second-order valence-electron chi connectivity index (χ2n) is 6.04. The van der Waals surface area contributed by atoms with Gasteiger partial charge in [-0.3, -0.25) is 9.59 Å². The maximum Gasteiger partial charge on any atom is 0.251 e. The molecule has 2 aromatic rings. The summed E-state index contributed by atoms with van der Waals surface area (Å²) in [4.78, 5) is 25.6.